The lowest BCUT2D eigenvalue weighted by atomic mass is 10.1. The summed E-state index contributed by atoms with van der Waals surface area (Å²) in [6.45, 7) is 7.47. The summed E-state index contributed by atoms with van der Waals surface area (Å²) in [6.07, 6.45) is 5.12. The van der Waals surface area contributed by atoms with E-state index < -0.39 is 0 Å². The summed E-state index contributed by atoms with van der Waals surface area (Å²) in [6, 6.07) is 2.02. The number of hydrogen-bond donors (Lipinski definition) is 1. The summed E-state index contributed by atoms with van der Waals surface area (Å²) in [5.41, 5.74) is 5.74. The molecule has 1 aliphatic heterocycles. The Bertz CT molecular complexity index is 277. The first kappa shape index (κ1) is 19.9. The fourth-order valence-electron chi connectivity index (χ4n) is 1.47. The molecular weight excluding hydrogens is 242 g/mol. The molecule has 0 aromatic heterocycles. The number of rotatable bonds is 3. The van der Waals surface area contributed by atoms with Gasteiger partial charge < -0.3 is 15.4 Å². The fraction of sp³-hybridized carbons (Fsp3) is 0.714. The number of hydrogen-bond acceptors (Lipinski definition) is 4. The molecule has 1 heterocycles. The molecule has 0 aromatic carbocycles. The van der Waals surface area contributed by atoms with Crippen LogP contribution in [-0.4, -0.2) is 43.7 Å². The van der Waals surface area contributed by atoms with E-state index in [0.29, 0.717) is 6.61 Å². The molecule has 0 saturated carbocycles. The van der Waals surface area contributed by atoms with Gasteiger partial charge in [-0.1, -0.05) is 19.9 Å². The zero-order chi connectivity index (χ0) is 15.1. The lowest BCUT2D eigenvalue weighted by Crippen LogP contribution is -2.42. The maximum absolute atomic E-state index is 11.5. The van der Waals surface area contributed by atoms with Crippen molar-refractivity contribution in [3.8, 4) is 6.07 Å². The molecule has 0 bridgehead atoms. The van der Waals surface area contributed by atoms with Crippen molar-refractivity contribution < 1.29 is 9.53 Å². The van der Waals surface area contributed by atoms with Crippen molar-refractivity contribution in [2.24, 2.45) is 5.73 Å². The van der Waals surface area contributed by atoms with E-state index in [4.69, 9.17) is 15.7 Å². The van der Waals surface area contributed by atoms with Crippen LogP contribution in [0.2, 0.25) is 0 Å². The van der Waals surface area contributed by atoms with Crippen LogP contribution < -0.4 is 5.73 Å². The monoisotopic (exact) mass is 269 g/mol. The van der Waals surface area contributed by atoms with E-state index in [1.54, 1.807) is 25.3 Å². The van der Waals surface area contributed by atoms with Crippen LogP contribution in [0.15, 0.2) is 12.2 Å². The van der Waals surface area contributed by atoms with Gasteiger partial charge in [0, 0.05) is 39.2 Å². The minimum Gasteiger partial charge on any atom is -0.381 e. The van der Waals surface area contributed by atoms with E-state index in [2.05, 4.69) is 0 Å². The molecule has 0 atom stereocenters. The number of ether oxygens (including phenoxy) is 1. The predicted molar refractivity (Wildman–Crippen MR) is 77.4 cm³/mol. The lowest BCUT2D eigenvalue weighted by Gasteiger charge is -2.29. The van der Waals surface area contributed by atoms with Gasteiger partial charge in [0.25, 0.3) is 0 Å². The number of methoxy groups -OCH3 is 1. The number of amides is 1. The first-order valence-electron chi connectivity index (χ1n) is 6.66. The number of piperidine rings is 1. The van der Waals surface area contributed by atoms with Gasteiger partial charge in [0.05, 0.1) is 12.7 Å². The van der Waals surface area contributed by atoms with Gasteiger partial charge in [-0.05, 0) is 12.8 Å². The van der Waals surface area contributed by atoms with Gasteiger partial charge in [-0.25, -0.2) is 0 Å². The second-order valence-corrected chi connectivity index (χ2v) is 3.74. The van der Waals surface area contributed by atoms with Crippen LogP contribution in [0.3, 0.4) is 0 Å². The number of nitriles is 1. The molecular formula is C14H27N3O2. The average Bonchev–Trinajstić information content (AvgIpc) is 2.43. The third kappa shape index (κ3) is 11.4. The van der Waals surface area contributed by atoms with E-state index in [9.17, 15) is 4.79 Å². The molecule has 1 fully saturated rings. The van der Waals surface area contributed by atoms with Crippen molar-refractivity contribution in [3.05, 3.63) is 12.2 Å². The van der Waals surface area contributed by atoms with Crippen molar-refractivity contribution in [2.75, 3.05) is 26.8 Å². The third-order valence-corrected chi connectivity index (χ3v) is 2.37. The van der Waals surface area contributed by atoms with Crippen LogP contribution >= 0.6 is 0 Å². The zero-order valence-electron chi connectivity index (χ0n) is 12.6. The summed E-state index contributed by atoms with van der Waals surface area (Å²) in [4.78, 5) is 13.4. The van der Waals surface area contributed by atoms with Crippen molar-refractivity contribution in [2.45, 2.75) is 39.7 Å². The summed E-state index contributed by atoms with van der Waals surface area (Å²) in [5.74, 6) is 0.0638. The van der Waals surface area contributed by atoms with Crippen LogP contribution in [0.1, 0.15) is 33.6 Å². The zero-order valence-corrected chi connectivity index (χ0v) is 12.6. The van der Waals surface area contributed by atoms with Gasteiger partial charge in [0.2, 0.25) is 5.91 Å². The fourth-order valence-corrected chi connectivity index (χ4v) is 1.47. The number of carbonyl (C=O) groups is 1. The van der Waals surface area contributed by atoms with Crippen LogP contribution in [0, 0.1) is 11.3 Å². The second-order valence-electron chi connectivity index (χ2n) is 3.74. The van der Waals surface area contributed by atoms with Crippen molar-refractivity contribution in [1.29, 1.82) is 5.26 Å². The summed E-state index contributed by atoms with van der Waals surface area (Å²) < 4.78 is 4.82. The first-order chi connectivity index (χ1) is 9.15. The van der Waals surface area contributed by atoms with E-state index in [1.165, 1.54) is 6.92 Å². The largest absolute Gasteiger partial charge is 0.381 e. The van der Waals surface area contributed by atoms with Crippen LogP contribution in [-0.2, 0) is 9.53 Å². The molecule has 5 heteroatoms. The van der Waals surface area contributed by atoms with Crippen LogP contribution in [0.5, 0.6) is 0 Å². The van der Waals surface area contributed by atoms with Gasteiger partial charge in [0.1, 0.15) is 0 Å². The lowest BCUT2D eigenvalue weighted by molar-refractivity contribution is -0.127. The molecule has 1 aliphatic rings. The Kier molecular flexibility index (Phi) is 15.4. The number of carbonyl (C=O) groups excluding carboxylic acids is 1. The van der Waals surface area contributed by atoms with Gasteiger partial charge in [-0.3, -0.25) is 4.79 Å². The SMILES string of the molecule is CC.CC#N.COC/C=C/C(=O)N1CCC(N)CC1. The highest BCUT2D eigenvalue weighted by molar-refractivity contribution is 5.87. The van der Waals surface area contributed by atoms with Gasteiger partial charge in [-0.2, -0.15) is 5.26 Å². The maximum Gasteiger partial charge on any atom is 0.246 e. The Balaban J connectivity index is 0. The molecule has 1 saturated heterocycles. The van der Waals surface area contributed by atoms with E-state index >= 15 is 0 Å². The molecule has 2 N–H and O–H groups in total. The van der Waals surface area contributed by atoms with E-state index in [1.807, 2.05) is 18.7 Å². The minimum absolute atomic E-state index is 0.0638. The van der Waals surface area contributed by atoms with Crippen molar-refractivity contribution >= 4 is 5.91 Å². The highest BCUT2D eigenvalue weighted by Gasteiger charge is 2.18. The second kappa shape index (κ2) is 14.7. The van der Waals surface area contributed by atoms with E-state index in [-0.39, 0.29) is 11.9 Å². The molecule has 0 spiro atoms. The van der Waals surface area contributed by atoms with Gasteiger partial charge in [0.15, 0.2) is 0 Å². The third-order valence-electron chi connectivity index (χ3n) is 2.37. The Morgan fingerprint density at radius 2 is 1.95 bits per heavy atom. The number of nitrogens with two attached hydrogens (primary N) is 1. The Morgan fingerprint density at radius 1 is 1.47 bits per heavy atom. The van der Waals surface area contributed by atoms with Gasteiger partial charge >= 0.3 is 0 Å². The van der Waals surface area contributed by atoms with Crippen molar-refractivity contribution in [3.63, 3.8) is 0 Å². The average molecular weight is 269 g/mol. The number of nitrogens with zero attached hydrogens (tertiary/aromatic N) is 2. The smallest absolute Gasteiger partial charge is 0.246 e. The maximum atomic E-state index is 11.5. The molecule has 0 radical (unpaired) electrons. The Morgan fingerprint density at radius 3 is 2.37 bits per heavy atom. The van der Waals surface area contributed by atoms with Crippen LogP contribution in [0.4, 0.5) is 0 Å². The normalized spacial score (nSPS) is 14.8. The summed E-state index contributed by atoms with van der Waals surface area (Å²) >= 11 is 0. The van der Waals surface area contributed by atoms with Gasteiger partial charge in [-0.15, -0.1) is 0 Å². The summed E-state index contributed by atoms with van der Waals surface area (Å²) in [7, 11) is 1.61. The first-order valence-corrected chi connectivity index (χ1v) is 6.66. The highest BCUT2D eigenvalue weighted by atomic mass is 16.5. The Labute approximate surface area is 117 Å². The van der Waals surface area contributed by atoms with Crippen molar-refractivity contribution in [1.82, 2.24) is 4.90 Å². The molecule has 110 valence electrons. The highest BCUT2D eigenvalue weighted by Crippen LogP contribution is 2.08. The summed E-state index contributed by atoms with van der Waals surface area (Å²) in [5, 5.41) is 7.32. The molecule has 0 aromatic rings. The molecule has 5 nitrogen and oxygen atoms in total. The molecule has 0 unspecified atom stereocenters. The molecule has 1 amide bonds. The molecule has 19 heavy (non-hydrogen) atoms. The minimum atomic E-state index is 0.0638. The molecule has 0 aliphatic carbocycles. The predicted octanol–water partition coefficient (Wildman–Crippen LogP) is 1.69. The topological polar surface area (TPSA) is 79.3 Å². The quantitative estimate of drug-likeness (QED) is 0.791. The van der Waals surface area contributed by atoms with Crippen LogP contribution in [0.25, 0.3) is 0 Å². The number of likely N-dealkylation sites (tertiary alicyclic amines) is 1. The standard InChI is InChI=1S/C10H18N2O2.C2H3N.C2H6/c1-14-8-2-3-10(13)12-6-4-9(11)5-7-12;1-2-3;1-2/h2-3,9H,4-8,11H2,1H3;1H3;1-2H3/b3-2+;;. The molecule has 1 rings (SSSR count). The Hall–Kier alpha value is -1.38. The van der Waals surface area contributed by atoms with E-state index in [0.717, 1.165) is 25.9 Å².